The van der Waals surface area contributed by atoms with Crippen LogP contribution in [-0.4, -0.2) is 43.6 Å². The van der Waals surface area contributed by atoms with Gasteiger partial charge in [0.15, 0.2) is 9.34 Å². The molecule has 2 aromatic carbocycles. The monoisotopic (exact) mass is 508 g/mol. The zero-order chi connectivity index (χ0) is 24.8. The predicted octanol–water partition coefficient (Wildman–Crippen LogP) is 3.19. The molecule has 178 valence electrons. The molecule has 0 saturated carbocycles. The lowest BCUT2D eigenvalue weighted by Crippen LogP contribution is -2.55. The minimum Gasteiger partial charge on any atom is -0.481 e. The van der Waals surface area contributed by atoms with E-state index in [9.17, 15) is 31.9 Å². The van der Waals surface area contributed by atoms with Crippen molar-refractivity contribution < 1.29 is 31.9 Å². The van der Waals surface area contributed by atoms with Crippen LogP contribution in [0.5, 0.6) is 0 Å². The average molecular weight is 509 g/mol. The van der Waals surface area contributed by atoms with Crippen LogP contribution in [0, 0.1) is 24.5 Å². The number of amides is 2. The van der Waals surface area contributed by atoms with E-state index >= 15 is 0 Å². The first-order chi connectivity index (χ1) is 16.0. The molecular weight excluding hydrogens is 490 g/mol. The Bertz CT molecular complexity index is 1390. The molecule has 1 fully saturated rings. The number of aryl methyl sites for hydroxylation is 1. The van der Waals surface area contributed by atoms with Crippen molar-refractivity contribution in [2.75, 3.05) is 22.9 Å². The lowest BCUT2D eigenvalue weighted by molar-refractivity contribution is -0.141. The number of carboxylic acids is 1. The van der Waals surface area contributed by atoms with Crippen molar-refractivity contribution >= 4 is 44.2 Å². The summed E-state index contributed by atoms with van der Waals surface area (Å²) in [5.41, 5.74) is 0.822. The number of carbonyl (C=O) groups excluding carboxylic acids is 1. The number of nitrogens with two attached hydrogens (primary N) is 1. The number of sulfonamides is 1. The molecule has 3 N–H and O–H groups in total. The van der Waals surface area contributed by atoms with Gasteiger partial charge in [-0.05, 0) is 42.8 Å². The van der Waals surface area contributed by atoms with Crippen LogP contribution in [0.4, 0.5) is 24.4 Å². The van der Waals surface area contributed by atoms with E-state index in [0.29, 0.717) is 22.6 Å². The molecule has 1 atom stereocenters. The molecule has 0 radical (unpaired) electrons. The molecule has 1 saturated heterocycles. The Morgan fingerprint density at radius 1 is 1.15 bits per heavy atom. The van der Waals surface area contributed by atoms with E-state index in [1.165, 1.54) is 36.1 Å². The molecule has 0 bridgehead atoms. The summed E-state index contributed by atoms with van der Waals surface area (Å²) in [5.74, 6) is -3.38. The van der Waals surface area contributed by atoms with Crippen LogP contribution in [0.25, 0.3) is 11.1 Å². The first-order valence-electron chi connectivity index (χ1n) is 9.83. The third kappa shape index (κ3) is 4.49. The van der Waals surface area contributed by atoms with E-state index in [1.807, 2.05) is 0 Å². The number of aromatic nitrogens is 1. The molecule has 4 rings (SSSR count). The highest BCUT2D eigenvalue weighted by molar-refractivity contribution is 7.91. The number of carbonyl (C=O) groups is 2. The normalized spacial score (nSPS) is 16.7. The minimum absolute atomic E-state index is 0.000858. The zero-order valence-electron chi connectivity index (χ0n) is 17.6. The smallest absolute Gasteiger partial charge is 0.330 e. The summed E-state index contributed by atoms with van der Waals surface area (Å²) in [4.78, 5) is 31.4. The van der Waals surface area contributed by atoms with E-state index in [4.69, 9.17) is 5.14 Å². The maximum atomic E-state index is 14.1. The number of primary sulfonamides is 1. The summed E-state index contributed by atoms with van der Waals surface area (Å²) in [7, 11) is -4.07. The Balaban J connectivity index is 1.69. The maximum absolute atomic E-state index is 14.1. The van der Waals surface area contributed by atoms with Gasteiger partial charge >= 0.3 is 12.0 Å². The number of urea groups is 1. The van der Waals surface area contributed by atoms with Gasteiger partial charge in [-0.25, -0.2) is 32.1 Å². The highest BCUT2D eigenvalue weighted by atomic mass is 32.2. The predicted molar refractivity (Wildman–Crippen MR) is 121 cm³/mol. The van der Waals surface area contributed by atoms with Crippen LogP contribution in [0.3, 0.4) is 0 Å². The molecular formula is C21H18F2N4O5S2. The molecule has 9 nitrogen and oxygen atoms in total. The number of thiazole rings is 1. The second kappa shape index (κ2) is 8.74. The number of nitrogens with zero attached hydrogens (tertiary/aromatic N) is 3. The molecule has 1 unspecified atom stereocenters. The highest BCUT2D eigenvalue weighted by Gasteiger charge is 2.39. The first kappa shape index (κ1) is 23.7. The van der Waals surface area contributed by atoms with Crippen LogP contribution in [0.2, 0.25) is 0 Å². The Kier molecular flexibility index (Phi) is 6.10. The number of anilines is 2. The van der Waals surface area contributed by atoms with Crippen LogP contribution in [-0.2, 0) is 14.8 Å². The van der Waals surface area contributed by atoms with Gasteiger partial charge in [0.1, 0.15) is 11.6 Å². The van der Waals surface area contributed by atoms with Crippen molar-refractivity contribution in [1.82, 2.24) is 4.98 Å². The standard InChI is InChI=1S/C21H18F2N4O5S2/c1-11-19(34(24,31)32)33-20(25-11)27-10-13(18(28)29)9-26(21(27)30)15-5-2-12(3-6-15)16-8-14(22)4-7-17(16)23/h2-8,13H,9-10H2,1H3,(H,28,29)(H2,24,31,32). The van der Waals surface area contributed by atoms with Crippen molar-refractivity contribution in [2.24, 2.45) is 11.1 Å². The van der Waals surface area contributed by atoms with Crippen molar-refractivity contribution in [3.8, 4) is 11.1 Å². The minimum atomic E-state index is -4.07. The summed E-state index contributed by atoms with van der Waals surface area (Å²) in [6, 6.07) is 8.40. The molecule has 2 amide bonds. The Morgan fingerprint density at radius 2 is 1.79 bits per heavy atom. The van der Waals surface area contributed by atoms with Gasteiger partial charge in [0.05, 0.1) is 11.6 Å². The van der Waals surface area contributed by atoms with Gasteiger partial charge in [-0.15, -0.1) is 0 Å². The van der Waals surface area contributed by atoms with Crippen LogP contribution in [0.1, 0.15) is 5.69 Å². The van der Waals surface area contributed by atoms with Gasteiger partial charge in [0, 0.05) is 24.3 Å². The third-order valence-corrected chi connectivity index (χ3v) is 8.00. The summed E-state index contributed by atoms with van der Waals surface area (Å²) in [6.07, 6.45) is 0. The van der Waals surface area contributed by atoms with Gasteiger partial charge in [-0.2, -0.15) is 0 Å². The Labute approximate surface area is 197 Å². The van der Waals surface area contributed by atoms with Crippen molar-refractivity contribution in [3.05, 3.63) is 59.8 Å². The fraction of sp³-hybridized carbons (Fsp3) is 0.190. The molecule has 0 spiro atoms. The second-order valence-electron chi connectivity index (χ2n) is 7.62. The molecule has 3 aromatic rings. The molecule has 1 aromatic heterocycles. The number of rotatable bonds is 5. The lowest BCUT2D eigenvalue weighted by atomic mass is 10.0. The Hall–Kier alpha value is -3.42. The van der Waals surface area contributed by atoms with Crippen LogP contribution >= 0.6 is 11.3 Å². The van der Waals surface area contributed by atoms with Gasteiger partial charge in [0.2, 0.25) is 10.0 Å². The number of hydrogen-bond donors (Lipinski definition) is 2. The fourth-order valence-corrected chi connectivity index (χ4v) is 5.57. The number of hydrogen-bond acceptors (Lipinski definition) is 6. The van der Waals surface area contributed by atoms with Gasteiger partial charge in [-0.1, -0.05) is 23.5 Å². The van der Waals surface area contributed by atoms with Crippen molar-refractivity contribution in [2.45, 2.75) is 11.1 Å². The summed E-state index contributed by atoms with van der Waals surface area (Å²) < 4.78 is 51.0. The van der Waals surface area contributed by atoms with Gasteiger partial charge < -0.3 is 5.11 Å². The molecule has 0 aliphatic carbocycles. The number of halogens is 2. The van der Waals surface area contributed by atoms with E-state index in [2.05, 4.69) is 4.98 Å². The van der Waals surface area contributed by atoms with Crippen LogP contribution in [0.15, 0.2) is 46.7 Å². The molecule has 13 heteroatoms. The molecule has 1 aliphatic rings. The first-order valence-corrected chi connectivity index (χ1v) is 12.2. The van der Waals surface area contributed by atoms with Crippen molar-refractivity contribution in [3.63, 3.8) is 0 Å². The number of aliphatic carboxylic acids is 1. The van der Waals surface area contributed by atoms with Gasteiger partial charge in [0.25, 0.3) is 0 Å². The second-order valence-corrected chi connectivity index (χ2v) is 10.4. The quantitative estimate of drug-likeness (QED) is 0.544. The Morgan fingerprint density at radius 3 is 2.38 bits per heavy atom. The summed E-state index contributed by atoms with van der Waals surface area (Å²) in [5, 5.41) is 14.8. The van der Waals surface area contributed by atoms with E-state index in [1.54, 1.807) is 0 Å². The van der Waals surface area contributed by atoms with E-state index in [0.717, 1.165) is 23.1 Å². The fourth-order valence-electron chi connectivity index (χ4n) is 3.62. The maximum Gasteiger partial charge on any atom is 0.330 e. The molecule has 34 heavy (non-hydrogen) atoms. The lowest BCUT2D eigenvalue weighted by Gasteiger charge is -2.37. The topological polar surface area (TPSA) is 134 Å². The summed E-state index contributed by atoms with van der Waals surface area (Å²) in [6.45, 7) is 1.06. The van der Waals surface area contributed by atoms with Gasteiger partial charge in [-0.3, -0.25) is 14.6 Å². The summed E-state index contributed by atoms with van der Waals surface area (Å²) >= 11 is 0.675. The van der Waals surface area contributed by atoms with Crippen molar-refractivity contribution in [1.29, 1.82) is 0 Å². The van der Waals surface area contributed by atoms with Crippen LogP contribution < -0.4 is 14.9 Å². The zero-order valence-corrected chi connectivity index (χ0v) is 19.2. The largest absolute Gasteiger partial charge is 0.481 e. The van der Waals surface area contributed by atoms with E-state index in [-0.39, 0.29) is 33.7 Å². The number of benzene rings is 2. The number of carboxylic acid groups (broad SMARTS) is 1. The molecule has 2 heterocycles. The average Bonchev–Trinajstić information content (AvgIpc) is 3.17. The SMILES string of the molecule is Cc1nc(N2CC(C(=O)O)CN(c3ccc(-c4cc(F)ccc4F)cc3)C2=O)sc1S(N)(=O)=O. The van der Waals surface area contributed by atoms with E-state index < -0.39 is 39.6 Å². The highest BCUT2D eigenvalue weighted by Crippen LogP contribution is 2.34. The third-order valence-electron chi connectivity index (χ3n) is 5.27. The molecule has 1 aliphatic heterocycles.